The van der Waals surface area contributed by atoms with E-state index in [-0.39, 0.29) is 25.0 Å². The molecule has 4 aromatic carbocycles. The summed E-state index contributed by atoms with van der Waals surface area (Å²) in [5.74, 6) is -0.199. The second kappa shape index (κ2) is 13.3. The molecule has 0 amide bonds. The highest BCUT2D eigenvalue weighted by Gasteiger charge is 2.28. The molecule has 0 bridgehead atoms. The summed E-state index contributed by atoms with van der Waals surface area (Å²) in [5.41, 5.74) is 4.44. The van der Waals surface area contributed by atoms with Crippen molar-refractivity contribution in [3.63, 3.8) is 0 Å². The lowest BCUT2D eigenvalue weighted by Gasteiger charge is -2.30. The molecule has 0 aliphatic carbocycles. The Kier molecular flexibility index (Phi) is 9.90. The molecule has 4 rings (SSSR count). The molecular formula is C30H30ClNO2. The maximum atomic E-state index is 13.5. The summed E-state index contributed by atoms with van der Waals surface area (Å²) >= 11 is 0. The summed E-state index contributed by atoms with van der Waals surface area (Å²) in [4.78, 5) is 15.7. The molecule has 4 heteroatoms. The zero-order chi connectivity index (χ0) is 22.7. The molecule has 34 heavy (non-hydrogen) atoms. The summed E-state index contributed by atoms with van der Waals surface area (Å²) in [7, 11) is 0. The molecular weight excluding hydrogens is 442 g/mol. The third-order valence-corrected chi connectivity index (χ3v) is 5.67. The Balaban J connectivity index is 0.00000324. The van der Waals surface area contributed by atoms with Gasteiger partial charge in [0.25, 0.3) is 0 Å². The van der Waals surface area contributed by atoms with Gasteiger partial charge in [0.15, 0.2) is 0 Å². The van der Waals surface area contributed by atoms with E-state index >= 15 is 0 Å². The van der Waals surface area contributed by atoms with Crippen LogP contribution in [0.4, 0.5) is 0 Å². The van der Waals surface area contributed by atoms with Gasteiger partial charge in [0.05, 0.1) is 0 Å². The van der Waals surface area contributed by atoms with Crippen LogP contribution in [0.25, 0.3) is 0 Å². The molecule has 0 heterocycles. The van der Waals surface area contributed by atoms with Gasteiger partial charge in [-0.2, -0.15) is 0 Å². The summed E-state index contributed by atoms with van der Waals surface area (Å²) in [6, 6.07) is 40.2. The third-order valence-electron chi connectivity index (χ3n) is 5.67. The highest BCUT2D eigenvalue weighted by molar-refractivity contribution is 5.85. The predicted octanol–water partition coefficient (Wildman–Crippen LogP) is 6.47. The average Bonchev–Trinajstić information content (AvgIpc) is 2.88. The summed E-state index contributed by atoms with van der Waals surface area (Å²) in [6.45, 7) is 1.59. The Bertz CT molecular complexity index is 1060. The highest BCUT2D eigenvalue weighted by atomic mass is 35.5. The Hall–Kier alpha value is -3.40. The van der Waals surface area contributed by atoms with Gasteiger partial charge in [-0.25, -0.2) is 0 Å². The van der Waals surface area contributed by atoms with Crippen molar-refractivity contribution < 1.29 is 9.53 Å². The van der Waals surface area contributed by atoms with Gasteiger partial charge in [0.1, 0.15) is 12.6 Å². The van der Waals surface area contributed by atoms with Crippen LogP contribution >= 0.6 is 12.4 Å². The molecule has 0 saturated heterocycles. The van der Waals surface area contributed by atoms with Crippen LogP contribution in [-0.4, -0.2) is 16.9 Å². The van der Waals surface area contributed by atoms with E-state index in [1.54, 1.807) is 0 Å². The minimum atomic E-state index is -0.406. The molecule has 0 fully saturated rings. The van der Waals surface area contributed by atoms with E-state index in [2.05, 4.69) is 41.3 Å². The SMILES string of the molecule is Cl.O=C(OCc1ccccc1)[C@H](Cc1ccccc1)N(Cc1ccccc1)Cc1ccccc1. The molecule has 0 radical (unpaired) electrons. The van der Waals surface area contributed by atoms with Crippen LogP contribution in [-0.2, 0) is 35.6 Å². The van der Waals surface area contributed by atoms with Crippen LogP contribution in [0.15, 0.2) is 121 Å². The summed E-state index contributed by atoms with van der Waals surface area (Å²) < 4.78 is 5.84. The zero-order valence-corrected chi connectivity index (χ0v) is 19.9. The second-order valence-electron chi connectivity index (χ2n) is 8.18. The minimum Gasteiger partial charge on any atom is -0.460 e. The van der Waals surface area contributed by atoms with E-state index in [1.807, 2.05) is 84.9 Å². The first-order valence-electron chi connectivity index (χ1n) is 11.3. The lowest BCUT2D eigenvalue weighted by Crippen LogP contribution is -2.43. The molecule has 0 aromatic heterocycles. The normalized spacial score (nSPS) is 11.4. The monoisotopic (exact) mass is 471 g/mol. The van der Waals surface area contributed by atoms with Crippen LogP contribution in [0.5, 0.6) is 0 Å². The largest absolute Gasteiger partial charge is 0.460 e. The standard InChI is InChI=1S/C30H29NO2.ClH/c32-30(33-24-28-19-11-4-12-20-28)29(21-25-13-5-1-6-14-25)31(22-26-15-7-2-8-16-26)23-27-17-9-3-10-18-27;/h1-20,29H,21-24H2;1H/t29-;/m0./s1. The molecule has 1 atom stereocenters. The molecule has 0 saturated carbocycles. The topological polar surface area (TPSA) is 29.5 Å². The third kappa shape index (κ3) is 7.58. The number of hydrogen-bond donors (Lipinski definition) is 0. The van der Waals surface area contributed by atoms with Gasteiger partial charge in [0.2, 0.25) is 0 Å². The predicted molar refractivity (Wildman–Crippen MR) is 140 cm³/mol. The molecule has 0 unspecified atom stereocenters. The molecule has 0 aliphatic heterocycles. The fraction of sp³-hybridized carbons (Fsp3) is 0.167. The molecule has 3 nitrogen and oxygen atoms in total. The maximum absolute atomic E-state index is 13.5. The second-order valence-corrected chi connectivity index (χ2v) is 8.18. The van der Waals surface area contributed by atoms with Crippen molar-refractivity contribution >= 4 is 18.4 Å². The van der Waals surface area contributed by atoms with Crippen molar-refractivity contribution in [3.05, 3.63) is 144 Å². The number of carbonyl (C=O) groups is 1. The van der Waals surface area contributed by atoms with Crippen molar-refractivity contribution in [3.8, 4) is 0 Å². The van der Waals surface area contributed by atoms with E-state index in [4.69, 9.17) is 4.74 Å². The van der Waals surface area contributed by atoms with Gasteiger partial charge in [-0.05, 0) is 28.7 Å². The van der Waals surface area contributed by atoms with E-state index in [0.717, 1.165) is 11.1 Å². The molecule has 0 N–H and O–H groups in total. The molecule has 4 aromatic rings. The van der Waals surface area contributed by atoms with E-state index in [0.29, 0.717) is 19.5 Å². The fourth-order valence-corrected chi connectivity index (χ4v) is 3.94. The van der Waals surface area contributed by atoms with Crippen LogP contribution in [0.3, 0.4) is 0 Å². The number of ether oxygens (including phenoxy) is 1. The van der Waals surface area contributed by atoms with Crippen LogP contribution in [0.2, 0.25) is 0 Å². The maximum Gasteiger partial charge on any atom is 0.324 e. The van der Waals surface area contributed by atoms with Crippen molar-refractivity contribution in [2.75, 3.05) is 0 Å². The quantitative estimate of drug-likeness (QED) is 0.248. The average molecular weight is 472 g/mol. The first kappa shape index (κ1) is 25.2. The Morgan fingerprint density at radius 1 is 0.588 bits per heavy atom. The van der Waals surface area contributed by atoms with Gasteiger partial charge in [-0.15, -0.1) is 12.4 Å². The minimum absolute atomic E-state index is 0. The lowest BCUT2D eigenvalue weighted by atomic mass is 10.0. The van der Waals surface area contributed by atoms with Crippen molar-refractivity contribution in [2.45, 2.75) is 32.2 Å². The van der Waals surface area contributed by atoms with Crippen LogP contribution in [0, 0.1) is 0 Å². The van der Waals surface area contributed by atoms with Gasteiger partial charge in [-0.1, -0.05) is 121 Å². The number of hydrogen-bond acceptors (Lipinski definition) is 3. The molecule has 174 valence electrons. The highest BCUT2D eigenvalue weighted by Crippen LogP contribution is 2.19. The number of carbonyl (C=O) groups excluding carboxylic acids is 1. The Morgan fingerprint density at radius 3 is 1.41 bits per heavy atom. The number of esters is 1. The van der Waals surface area contributed by atoms with Gasteiger partial charge >= 0.3 is 5.97 Å². The Morgan fingerprint density at radius 2 is 0.971 bits per heavy atom. The van der Waals surface area contributed by atoms with Gasteiger partial charge < -0.3 is 4.74 Å². The van der Waals surface area contributed by atoms with Gasteiger partial charge in [-0.3, -0.25) is 9.69 Å². The number of benzene rings is 4. The number of nitrogens with zero attached hydrogens (tertiary/aromatic N) is 1. The van der Waals surface area contributed by atoms with E-state index in [9.17, 15) is 4.79 Å². The van der Waals surface area contributed by atoms with Crippen molar-refractivity contribution in [1.82, 2.24) is 4.90 Å². The lowest BCUT2D eigenvalue weighted by molar-refractivity contribution is -0.152. The molecule has 0 spiro atoms. The van der Waals surface area contributed by atoms with Crippen LogP contribution < -0.4 is 0 Å². The Labute approximate surface area is 208 Å². The van der Waals surface area contributed by atoms with Crippen molar-refractivity contribution in [1.29, 1.82) is 0 Å². The zero-order valence-electron chi connectivity index (χ0n) is 19.1. The summed E-state index contributed by atoms with van der Waals surface area (Å²) in [5, 5.41) is 0. The first-order chi connectivity index (χ1) is 16.3. The molecule has 0 aliphatic rings. The number of rotatable bonds is 10. The van der Waals surface area contributed by atoms with Gasteiger partial charge in [0, 0.05) is 13.1 Å². The van der Waals surface area contributed by atoms with E-state index in [1.165, 1.54) is 11.1 Å². The fourth-order valence-electron chi connectivity index (χ4n) is 3.94. The van der Waals surface area contributed by atoms with Crippen LogP contribution in [0.1, 0.15) is 22.3 Å². The van der Waals surface area contributed by atoms with E-state index < -0.39 is 6.04 Å². The first-order valence-corrected chi connectivity index (χ1v) is 11.3. The van der Waals surface area contributed by atoms with Crippen molar-refractivity contribution in [2.24, 2.45) is 0 Å². The smallest absolute Gasteiger partial charge is 0.324 e. The summed E-state index contributed by atoms with van der Waals surface area (Å²) in [6.07, 6.45) is 0.591. The number of halogens is 1.